The first-order valence-electron chi connectivity index (χ1n) is 7.36. The Labute approximate surface area is 147 Å². The van der Waals surface area contributed by atoms with Crippen LogP contribution in [0.5, 0.6) is 0 Å². The molecule has 0 unspecified atom stereocenters. The van der Waals surface area contributed by atoms with Gasteiger partial charge in [0.2, 0.25) is 5.91 Å². The molecule has 0 bridgehead atoms. The highest BCUT2D eigenvalue weighted by Crippen LogP contribution is 2.26. The zero-order valence-electron chi connectivity index (χ0n) is 12.7. The molecular formula is C15H22Cl2N4O2. The lowest BCUT2D eigenvalue weighted by Crippen LogP contribution is -2.41. The smallest absolute Gasteiger partial charge is 0.298 e. The minimum atomic E-state index is 0. The molecule has 3 rings (SSSR count). The van der Waals surface area contributed by atoms with Crippen molar-refractivity contribution < 1.29 is 9.21 Å². The van der Waals surface area contributed by atoms with Crippen LogP contribution in [0.4, 0.5) is 6.01 Å². The molecule has 0 aliphatic carbocycles. The van der Waals surface area contributed by atoms with Gasteiger partial charge in [0.25, 0.3) is 6.01 Å². The molecule has 0 spiro atoms. The number of hydrogen-bond donors (Lipinski definition) is 2. The first kappa shape index (κ1) is 19.5. The summed E-state index contributed by atoms with van der Waals surface area (Å²) in [7, 11) is 0. The summed E-state index contributed by atoms with van der Waals surface area (Å²) < 4.78 is 5.77. The number of hydrogen-bond acceptors (Lipinski definition) is 5. The van der Waals surface area contributed by atoms with E-state index in [1.807, 2.05) is 24.3 Å². The molecule has 1 aliphatic rings. The van der Waals surface area contributed by atoms with E-state index in [0.717, 1.165) is 37.0 Å². The van der Waals surface area contributed by atoms with Crippen molar-refractivity contribution in [1.29, 1.82) is 0 Å². The molecule has 1 aromatic carbocycles. The van der Waals surface area contributed by atoms with E-state index < -0.39 is 0 Å². The van der Waals surface area contributed by atoms with Crippen molar-refractivity contribution in [3.63, 3.8) is 0 Å². The van der Waals surface area contributed by atoms with Crippen LogP contribution in [-0.2, 0) is 4.79 Å². The van der Waals surface area contributed by atoms with Gasteiger partial charge in [0, 0.05) is 32.1 Å². The van der Waals surface area contributed by atoms with Gasteiger partial charge in [-0.1, -0.05) is 12.1 Å². The van der Waals surface area contributed by atoms with E-state index in [1.54, 1.807) is 0 Å². The Morgan fingerprint density at radius 3 is 2.65 bits per heavy atom. The summed E-state index contributed by atoms with van der Waals surface area (Å²) in [6.07, 6.45) is 1.63. The second-order valence-electron chi connectivity index (χ2n) is 5.31. The third-order valence-corrected chi connectivity index (χ3v) is 3.86. The fourth-order valence-corrected chi connectivity index (χ4v) is 2.67. The number of rotatable bonds is 4. The summed E-state index contributed by atoms with van der Waals surface area (Å²) >= 11 is 0. The van der Waals surface area contributed by atoms with Crippen molar-refractivity contribution >= 4 is 47.8 Å². The predicted octanol–water partition coefficient (Wildman–Crippen LogP) is 1.96. The molecule has 0 atom stereocenters. The van der Waals surface area contributed by atoms with E-state index in [2.05, 4.69) is 15.2 Å². The average Bonchev–Trinajstić information content (AvgIpc) is 2.96. The van der Waals surface area contributed by atoms with Crippen LogP contribution in [0, 0.1) is 5.92 Å². The van der Waals surface area contributed by atoms with E-state index >= 15 is 0 Å². The minimum Gasteiger partial charge on any atom is -0.423 e. The van der Waals surface area contributed by atoms with Crippen LogP contribution >= 0.6 is 24.8 Å². The number of carbonyl (C=O) groups is 1. The van der Waals surface area contributed by atoms with Gasteiger partial charge in [-0.3, -0.25) is 4.79 Å². The summed E-state index contributed by atoms with van der Waals surface area (Å²) in [6.45, 7) is 2.60. The number of nitrogens with one attached hydrogen (secondary N) is 1. The quantitative estimate of drug-likeness (QED) is 0.870. The lowest BCUT2D eigenvalue weighted by molar-refractivity contribution is -0.125. The lowest BCUT2D eigenvalue weighted by Gasteiger charge is -2.30. The number of halogens is 2. The van der Waals surface area contributed by atoms with Crippen molar-refractivity contribution in [2.24, 2.45) is 11.7 Å². The first-order valence-corrected chi connectivity index (χ1v) is 7.36. The normalized spacial score (nSPS) is 14.9. The van der Waals surface area contributed by atoms with Gasteiger partial charge in [-0.25, -0.2) is 0 Å². The van der Waals surface area contributed by atoms with Gasteiger partial charge in [-0.15, -0.1) is 24.8 Å². The SMILES string of the molecule is Cl.Cl.NCCNC(=O)C1CCN(c2nc3ccccc3o2)CC1. The van der Waals surface area contributed by atoms with Crippen LogP contribution in [0.2, 0.25) is 0 Å². The second-order valence-corrected chi connectivity index (χ2v) is 5.31. The van der Waals surface area contributed by atoms with Crippen LogP contribution in [0.15, 0.2) is 28.7 Å². The van der Waals surface area contributed by atoms with Gasteiger partial charge < -0.3 is 20.4 Å². The number of benzene rings is 1. The zero-order valence-corrected chi connectivity index (χ0v) is 14.4. The Bertz CT molecular complexity index is 594. The molecule has 1 fully saturated rings. The molecule has 2 heterocycles. The number of anilines is 1. The van der Waals surface area contributed by atoms with E-state index in [1.165, 1.54) is 0 Å². The Hall–Kier alpha value is -1.50. The molecule has 6 nitrogen and oxygen atoms in total. The molecule has 1 aromatic heterocycles. The molecule has 8 heteroatoms. The number of amides is 1. The summed E-state index contributed by atoms with van der Waals surface area (Å²) in [5.74, 6) is 0.176. The molecular weight excluding hydrogens is 339 g/mol. The molecule has 0 radical (unpaired) electrons. The summed E-state index contributed by atoms with van der Waals surface area (Å²) in [5.41, 5.74) is 7.07. The number of para-hydroxylation sites is 2. The molecule has 1 aliphatic heterocycles. The van der Waals surface area contributed by atoms with Gasteiger partial charge in [0.1, 0.15) is 5.52 Å². The van der Waals surface area contributed by atoms with Gasteiger partial charge in [-0.2, -0.15) is 4.98 Å². The number of nitrogens with zero attached hydrogens (tertiary/aromatic N) is 2. The third-order valence-electron chi connectivity index (χ3n) is 3.86. The molecule has 128 valence electrons. The van der Waals surface area contributed by atoms with E-state index in [4.69, 9.17) is 10.2 Å². The molecule has 23 heavy (non-hydrogen) atoms. The minimum absolute atomic E-state index is 0. The fourth-order valence-electron chi connectivity index (χ4n) is 2.67. The maximum absolute atomic E-state index is 11.9. The largest absolute Gasteiger partial charge is 0.423 e. The number of oxazole rings is 1. The summed E-state index contributed by atoms with van der Waals surface area (Å²) in [4.78, 5) is 18.5. The summed E-state index contributed by atoms with van der Waals surface area (Å²) in [6, 6.07) is 8.39. The van der Waals surface area contributed by atoms with Crippen molar-refractivity contribution in [3.05, 3.63) is 24.3 Å². The third kappa shape index (κ3) is 4.50. The maximum Gasteiger partial charge on any atom is 0.298 e. The average molecular weight is 361 g/mol. The second kappa shape index (κ2) is 8.96. The Balaban J connectivity index is 0.00000132. The van der Waals surface area contributed by atoms with Gasteiger partial charge in [-0.05, 0) is 25.0 Å². The fraction of sp³-hybridized carbons (Fsp3) is 0.467. The van der Waals surface area contributed by atoms with Crippen LogP contribution in [-0.4, -0.2) is 37.1 Å². The number of nitrogens with two attached hydrogens (primary N) is 1. The van der Waals surface area contributed by atoms with Crippen molar-refractivity contribution in [3.8, 4) is 0 Å². The van der Waals surface area contributed by atoms with Crippen molar-refractivity contribution in [2.45, 2.75) is 12.8 Å². The Kier molecular flexibility index (Phi) is 7.61. The van der Waals surface area contributed by atoms with Crippen LogP contribution < -0.4 is 16.0 Å². The number of carbonyl (C=O) groups excluding carboxylic acids is 1. The monoisotopic (exact) mass is 360 g/mol. The van der Waals surface area contributed by atoms with E-state index in [0.29, 0.717) is 19.1 Å². The molecule has 3 N–H and O–H groups in total. The van der Waals surface area contributed by atoms with E-state index in [-0.39, 0.29) is 36.6 Å². The highest BCUT2D eigenvalue weighted by molar-refractivity contribution is 5.85. The molecule has 1 amide bonds. The maximum atomic E-state index is 11.9. The lowest BCUT2D eigenvalue weighted by atomic mass is 9.96. The van der Waals surface area contributed by atoms with Gasteiger partial charge in [0.05, 0.1) is 0 Å². The topological polar surface area (TPSA) is 84.4 Å². The predicted molar refractivity (Wildman–Crippen MR) is 95.5 cm³/mol. The zero-order chi connectivity index (χ0) is 14.7. The van der Waals surface area contributed by atoms with Crippen molar-refractivity contribution in [2.75, 3.05) is 31.1 Å². The van der Waals surface area contributed by atoms with Crippen LogP contribution in [0.25, 0.3) is 11.1 Å². The van der Waals surface area contributed by atoms with Gasteiger partial charge in [0.15, 0.2) is 5.58 Å². The highest BCUT2D eigenvalue weighted by Gasteiger charge is 2.26. The van der Waals surface area contributed by atoms with Gasteiger partial charge >= 0.3 is 0 Å². The molecule has 0 saturated carbocycles. The number of aromatic nitrogens is 1. The summed E-state index contributed by atoms with van der Waals surface area (Å²) in [5, 5.41) is 2.86. The van der Waals surface area contributed by atoms with Crippen LogP contribution in [0.3, 0.4) is 0 Å². The highest BCUT2D eigenvalue weighted by atomic mass is 35.5. The van der Waals surface area contributed by atoms with Crippen molar-refractivity contribution in [1.82, 2.24) is 10.3 Å². The number of piperidine rings is 1. The number of fused-ring (bicyclic) bond motifs is 1. The molecule has 1 saturated heterocycles. The Morgan fingerprint density at radius 1 is 1.30 bits per heavy atom. The Morgan fingerprint density at radius 2 is 2.00 bits per heavy atom. The first-order chi connectivity index (χ1) is 10.3. The standard InChI is InChI=1S/C15H20N4O2.2ClH/c16-7-8-17-14(20)11-5-9-19(10-6-11)15-18-12-3-1-2-4-13(12)21-15;;/h1-4,11H,5-10,16H2,(H,17,20);2*1H. The van der Waals surface area contributed by atoms with E-state index in [9.17, 15) is 4.79 Å². The van der Waals surface area contributed by atoms with Crippen LogP contribution in [0.1, 0.15) is 12.8 Å². The molecule has 2 aromatic rings.